The summed E-state index contributed by atoms with van der Waals surface area (Å²) in [7, 11) is 0. The van der Waals surface area contributed by atoms with Crippen LogP contribution in [-0.2, 0) is 0 Å². The van der Waals surface area contributed by atoms with E-state index in [0.717, 1.165) is 19.3 Å². The van der Waals surface area contributed by atoms with Gasteiger partial charge in [-0.05, 0) is 32.6 Å². The van der Waals surface area contributed by atoms with Crippen LogP contribution in [0.4, 0.5) is 4.79 Å². The van der Waals surface area contributed by atoms with E-state index < -0.39 is 6.09 Å². The molecular formula is C11H17NO2. The van der Waals surface area contributed by atoms with E-state index in [1.807, 2.05) is 13.8 Å². The summed E-state index contributed by atoms with van der Waals surface area (Å²) < 4.78 is 0. The highest BCUT2D eigenvalue weighted by Crippen LogP contribution is 2.34. The first kappa shape index (κ1) is 10.9. The number of hydrogen-bond acceptors (Lipinski definition) is 1. The van der Waals surface area contributed by atoms with Crippen molar-refractivity contribution in [3.05, 3.63) is 0 Å². The fraction of sp³-hybridized carbons (Fsp3) is 0.727. The number of carboxylic acid groups (broad SMARTS) is 1. The van der Waals surface area contributed by atoms with Gasteiger partial charge in [0.15, 0.2) is 0 Å². The van der Waals surface area contributed by atoms with Gasteiger partial charge in [-0.2, -0.15) is 0 Å². The lowest BCUT2D eigenvalue weighted by Gasteiger charge is -2.28. The molecule has 0 aromatic rings. The number of terminal acetylenes is 1. The molecule has 0 aliphatic carbocycles. The molecule has 1 N–H and O–H groups in total. The Morgan fingerprint density at radius 2 is 2.36 bits per heavy atom. The number of hydrogen-bond donors (Lipinski definition) is 1. The predicted molar refractivity (Wildman–Crippen MR) is 55.0 cm³/mol. The van der Waals surface area contributed by atoms with Crippen LogP contribution in [0.5, 0.6) is 0 Å². The van der Waals surface area contributed by atoms with Gasteiger partial charge in [0.05, 0.1) is 0 Å². The Kier molecular flexibility index (Phi) is 3.05. The molecule has 78 valence electrons. The molecule has 1 saturated heterocycles. The summed E-state index contributed by atoms with van der Waals surface area (Å²) in [5.74, 6) is 3.03. The van der Waals surface area contributed by atoms with Crippen molar-refractivity contribution in [3.63, 3.8) is 0 Å². The molecule has 3 nitrogen and oxygen atoms in total. The van der Waals surface area contributed by atoms with Gasteiger partial charge < -0.3 is 10.0 Å². The van der Waals surface area contributed by atoms with Crippen LogP contribution < -0.4 is 0 Å². The summed E-state index contributed by atoms with van der Waals surface area (Å²) in [4.78, 5) is 12.4. The number of nitrogens with zero attached hydrogens (tertiary/aromatic N) is 1. The molecule has 1 unspecified atom stereocenters. The number of rotatable bonds is 2. The van der Waals surface area contributed by atoms with Crippen molar-refractivity contribution < 1.29 is 9.90 Å². The number of amides is 1. The van der Waals surface area contributed by atoms with Crippen LogP contribution in [0.1, 0.15) is 33.1 Å². The maximum atomic E-state index is 10.9. The van der Waals surface area contributed by atoms with Crippen molar-refractivity contribution in [1.82, 2.24) is 4.90 Å². The highest BCUT2D eigenvalue weighted by molar-refractivity contribution is 5.66. The second kappa shape index (κ2) is 3.91. The van der Waals surface area contributed by atoms with Crippen molar-refractivity contribution in [2.45, 2.75) is 38.6 Å². The van der Waals surface area contributed by atoms with E-state index in [0.29, 0.717) is 12.5 Å². The Labute approximate surface area is 85.1 Å². The van der Waals surface area contributed by atoms with Crippen LogP contribution in [0.25, 0.3) is 0 Å². The van der Waals surface area contributed by atoms with E-state index in [1.54, 1.807) is 0 Å². The summed E-state index contributed by atoms with van der Waals surface area (Å²) in [5.41, 5.74) is -0.231. The first-order chi connectivity index (χ1) is 6.47. The fourth-order valence-corrected chi connectivity index (χ4v) is 2.20. The molecule has 3 heteroatoms. The van der Waals surface area contributed by atoms with Gasteiger partial charge in [-0.1, -0.05) is 0 Å². The van der Waals surface area contributed by atoms with Gasteiger partial charge in [-0.3, -0.25) is 0 Å². The normalized spacial score (nSPS) is 24.6. The quantitative estimate of drug-likeness (QED) is 0.686. The maximum Gasteiger partial charge on any atom is 0.407 e. The Hall–Kier alpha value is -1.17. The topological polar surface area (TPSA) is 40.5 Å². The lowest BCUT2D eigenvalue weighted by molar-refractivity contribution is 0.117. The van der Waals surface area contributed by atoms with Crippen LogP contribution in [0.15, 0.2) is 0 Å². The third kappa shape index (κ3) is 2.20. The Morgan fingerprint density at radius 3 is 2.79 bits per heavy atom. The molecule has 0 aromatic carbocycles. The minimum Gasteiger partial charge on any atom is -0.465 e. The number of likely N-dealkylation sites (tertiary alicyclic amines) is 1. The van der Waals surface area contributed by atoms with E-state index in [4.69, 9.17) is 11.5 Å². The third-order valence-electron chi connectivity index (χ3n) is 2.89. The maximum absolute atomic E-state index is 10.9. The Morgan fingerprint density at radius 1 is 1.71 bits per heavy atom. The smallest absolute Gasteiger partial charge is 0.407 e. The molecule has 1 aliphatic rings. The SMILES string of the molecule is C#CCCC1CN(C(=O)O)C(C)(C)C1. The van der Waals surface area contributed by atoms with Crippen LogP contribution in [-0.4, -0.2) is 28.2 Å². The standard InChI is InChI=1S/C11H17NO2/c1-4-5-6-9-7-11(2,3)12(8-9)10(13)14/h1,9H,5-8H2,2-3H3,(H,13,14). The average Bonchev–Trinajstić information content (AvgIpc) is 2.37. The molecule has 1 rings (SSSR count). The summed E-state index contributed by atoms with van der Waals surface area (Å²) in [6.45, 7) is 4.57. The zero-order valence-electron chi connectivity index (χ0n) is 8.79. The molecule has 1 aliphatic heterocycles. The van der Waals surface area contributed by atoms with E-state index in [2.05, 4.69) is 5.92 Å². The van der Waals surface area contributed by atoms with E-state index in [9.17, 15) is 4.79 Å². The zero-order chi connectivity index (χ0) is 10.8. The second-order valence-electron chi connectivity index (χ2n) is 4.52. The van der Waals surface area contributed by atoms with Crippen molar-refractivity contribution in [3.8, 4) is 12.3 Å². The summed E-state index contributed by atoms with van der Waals surface area (Å²) in [6.07, 6.45) is 6.96. The Bertz CT molecular complexity index is 265. The summed E-state index contributed by atoms with van der Waals surface area (Å²) in [5, 5.41) is 8.98. The van der Waals surface area contributed by atoms with Crippen LogP contribution in [0.3, 0.4) is 0 Å². The van der Waals surface area contributed by atoms with E-state index >= 15 is 0 Å². The van der Waals surface area contributed by atoms with Gasteiger partial charge in [-0.25, -0.2) is 4.79 Å². The molecule has 0 bridgehead atoms. The third-order valence-corrected chi connectivity index (χ3v) is 2.89. The lowest BCUT2D eigenvalue weighted by atomic mass is 9.93. The first-order valence-electron chi connectivity index (χ1n) is 4.91. The fourth-order valence-electron chi connectivity index (χ4n) is 2.20. The van der Waals surface area contributed by atoms with Crippen molar-refractivity contribution in [2.75, 3.05) is 6.54 Å². The zero-order valence-corrected chi connectivity index (χ0v) is 8.79. The minimum atomic E-state index is -0.821. The van der Waals surface area contributed by atoms with Crippen molar-refractivity contribution in [2.24, 2.45) is 5.92 Å². The van der Waals surface area contributed by atoms with E-state index in [-0.39, 0.29) is 5.54 Å². The predicted octanol–water partition coefficient (Wildman–Crippen LogP) is 2.18. The molecule has 1 amide bonds. The van der Waals surface area contributed by atoms with Gasteiger partial charge in [-0.15, -0.1) is 12.3 Å². The van der Waals surface area contributed by atoms with E-state index in [1.165, 1.54) is 4.90 Å². The molecule has 0 saturated carbocycles. The Balaban J connectivity index is 2.58. The van der Waals surface area contributed by atoms with Crippen LogP contribution >= 0.6 is 0 Å². The molecule has 14 heavy (non-hydrogen) atoms. The molecule has 0 radical (unpaired) electrons. The molecule has 0 aromatic heterocycles. The van der Waals surface area contributed by atoms with Crippen LogP contribution in [0.2, 0.25) is 0 Å². The van der Waals surface area contributed by atoms with Crippen molar-refractivity contribution in [1.29, 1.82) is 0 Å². The lowest BCUT2D eigenvalue weighted by Crippen LogP contribution is -2.41. The van der Waals surface area contributed by atoms with Gasteiger partial charge in [0.25, 0.3) is 0 Å². The van der Waals surface area contributed by atoms with Gasteiger partial charge >= 0.3 is 6.09 Å². The molecule has 0 spiro atoms. The minimum absolute atomic E-state index is 0.231. The summed E-state index contributed by atoms with van der Waals surface area (Å²) >= 11 is 0. The highest BCUT2D eigenvalue weighted by atomic mass is 16.4. The molecule has 1 fully saturated rings. The largest absolute Gasteiger partial charge is 0.465 e. The first-order valence-corrected chi connectivity index (χ1v) is 4.91. The molecule has 1 atom stereocenters. The van der Waals surface area contributed by atoms with Crippen molar-refractivity contribution >= 4 is 6.09 Å². The van der Waals surface area contributed by atoms with Crippen LogP contribution in [0, 0.1) is 18.3 Å². The summed E-state index contributed by atoms with van der Waals surface area (Å²) in [6, 6.07) is 0. The van der Waals surface area contributed by atoms with Gasteiger partial charge in [0, 0.05) is 18.5 Å². The van der Waals surface area contributed by atoms with Gasteiger partial charge in [0.1, 0.15) is 0 Å². The highest BCUT2D eigenvalue weighted by Gasteiger charge is 2.40. The monoisotopic (exact) mass is 195 g/mol. The number of carbonyl (C=O) groups is 1. The van der Waals surface area contributed by atoms with Gasteiger partial charge in [0.2, 0.25) is 0 Å². The second-order valence-corrected chi connectivity index (χ2v) is 4.52. The molecular weight excluding hydrogens is 178 g/mol. The molecule has 1 heterocycles. The average molecular weight is 195 g/mol.